The lowest BCUT2D eigenvalue weighted by atomic mass is 11.1. The Labute approximate surface area is 46.7 Å². The summed E-state index contributed by atoms with van der Waals surface area (Å²) in [5, 5.41) is 2.54. The molecule has 0 bridgehead atoms. The summed E-state index contributed by atoms with van der Waals surface area (Å²) in [5.74, 6) is 0. The Bertz CT molecular complexity index is 55.5. The van der Waals surface area contributed by atoms with Crippen LogP contribution in [0.2, 0.25) is 0 Å². The van der Waals surface area contributed by atoms with Crippen molar-refractivity contribution in [1.29, 1.82) is 0 Å². The first kappa shape index (κ1) is 5.98. The number of rotatable bonds is 1. The molecule has 0 rings (SSSR count). The number of nitrogens with two attached hydrogens (primary N) is 1. The molecule has 1 radical (unpaired) electrons. The number of hydrogen-bond donors (Lipinski definition) is 2. The molecule has 0 aromatic carbocycles. The van der Waals surface area contributed by atoms with Crippen molar-refractivity contribution in [2.75, 3.05) is 0 Å². The third-order valence-electron chi connectivity index (χ3n) is 0.197. The summed E-state index contributed by atoms with van der Waals surface area (Å²) in [6, 6.07) is 1.16. The van der Waals surface area contributed by atoms with Gasteiger partial charge in [-0.15, -0.1) is 0 Å². The summed E-state index contributed by atoms with van der Waals surface area (Å²) in [4.78, 5) is 0. The van der Waals surface area contributed by atoms with E-state index in [0.717, 1.165) is 6.00 Å². The Balaban J connectivity index is 2.83. The van der Waals surface area contributed by atoms with Crippen LogP contribution in [0, 0.1) is 6.00 Å². The van der Waals surface area contributed by atoms with Crippen molar-refractivity contribution >= 4 is 28.9 Å². The molecule has 0 amide bonds. The molecule has 2 nitrogen and oxygen atoms in total. The van der Waals surface area contributed by atoms with Crippen LogP contribution < -0.4 is 11.1 Å². The van der Waals surface area contributed by atoms with Gasteiger partial charge >= 0.3 is 0 Å². The first-order valence-corrected chi connectivity index (χ1v) is 2.09. The number of nitrogens with one attached hydrogen (secondary N) is 1. The van der Waals surface area contributed by atoms with Crippen molar-refractivity contribution < 1.29 is 0 Å². The molecule has 0 spiro atoms. The smallest absolute Gasteiger partial charge is 0.164 e. The molecule has 0 saturated carbocycles. The van der Waals surface area contributed by atoms with Crippen molar-refractivity contribution in [1.82, 2.24) is 5.32 Å². The second-order valence-corrected chi connectivity index (χ2v) is 1.28. The fourth-order valence-corrected chi connectivity index (χ4v) is 0.295. The van der Waals surface area contributed by atoms with Crippen molar-refractivity contribution in [3.05, 3.63) is 6.00 Å². The van der Waals surface area contributed by atoms with Gasteiger partial charge in [-0.05, 0) is 12.2 Å². The molecule has 6 heavy (non-hydrogen) atoms. The van der Waals surface area contributed by atoms with E-state index in [1.165, 1.54) is 0 Å². The topological polar surface area (TPSA) is 38.0 Å². The van der Waals surface area contributed by atoms with Crippen LogP contribution in [0.1, 0.15) is 0 Å². The van der Waals surface area contributed by atoms with E-state index in [-0.39, 0.29) is 5.11 Å². The van der Waals surface area contributed by atoms with Gasteiger partial charge in [-0.3, -0.25) is 0 Å². The summed E-state index contributed by atoms with van der Waals surface area (Å²) in [7, 11) is 0. The molecule has 3 N–H and O–H groups in total. The fraction of sp³-hybridized carbons (Fsp3) is 0. The van der Waals surface area contributed by atoms with Gasteiger partial charge in [0.2, 0.25) is 0 Å². The molecule has 0 aromatic rings. The van der Waals surface area contributed by atoms with Gasteiger partial charge in [0.25, 0.3) is 0 Å². The van der Waals surface area contributed by atoms with Crippen molar-refractivity contribution in [2.24, 2.45) is 5.73 Å². The predicted molar refractivity (Wildman–Crippen MR) is 30.1 cm³/mol. The van der Waals surface area contributed by atoms with Crippen molar-refractivity contribution in [3.63, 3.8) is 0 Å². The predicted octanol–water partition coefficient (Wildman–Crippen LogP) is 0.178. The lowest BCUT2D eigenvalue weighted by molar-refractivity contribution is 1.24. The Morgan fingerprint density at radius 3 is 2.50 bits per heavy atom. The second kappa shape index (κ2) is 3.18. The van der Waals surface area contributed by atoms with Gasteiger partial charge in [-0.2, -0.15) is 0 Å². The normalized spacial score (nSPS) is 7.50. The number of thiocarbonyl (C=S) groups is 1. The first-order chi connectivity index (χ1) is 2.77. The van der Waals surface area contributed by atoms with Gasteiger partial charge in [-0.1, -0.05) is 11.6 Å². The van der Waals surface area contributed by atoms with E-state index in [4.69, 9.17) is 17.3 Å². The minimum atomic E-state index is 0.185. The third-order valence-corrected chi connectivity index (χ3v) is 0.424. The zero-order chi connectivity index (χ0) is 4.99. The summed E-state index contributed by atoms with van der Waals surface area (Å²) in [5.41, 5.74) is 4.91. The molecule has 0 heterocycles. The highest BCUT2D eigenvalue weighted by atomic mass is 35.5. The molecule has 4 heteroatoms. The van der Waals surface area contributed by atoms with Crippen LogP contribution in [-0.4, -0.2) is 5.11 Å². The molecule has 0 aliphatic rings. The lowest BCUT2D eigenvalue weighted by Gasteiger charge is -1.90. The van der Waals surface area contributed by atoms with E-state index in [1.54, 1.807) is 0 Å². The van der Waals surface area contributed by atoms with Crippen LogP contribution in [0.15, 0.2) is 0 Å². The molecule has 0 aromatic heterocycles. The highest BCUT2D eigenvalue weighted by Gasteiger charge is 1.76. The Morgan fingerprint density at radius 2 is 2.50 bits per heavy atom. The average molecular weight is 124 g/mol. The van der Waals surface area contributed by atoms with E-state index in [1.807, 2.05) is 0 Å². The largest absolute Gasteiger partial charge is 0.376 e. The average Bonchev–Trinajstić information content (AvgIpc) is 1.35. The summed E-state index contributed by atoms with van der Waals surface area (Å²) in [6.45, 7) is 0. The van der Waals surface area contributed by atoms with E-state index < -0.39 is 0 Å². The van der Waals surface area contributed by atoms with Crippen LogP contribution in [0.3, 0.4) is 0 Å². The number of halogens is 1. The maximum Gasteiger partial charge on any atom is 0.164 e. The van der Waals surface area contributed by atoms with E-state index in [0.29, 0.717) is 0 Å². The van der Waals surface area contributed by atoms with Crippen LogP contribution in [0.5, 0.6) is 0 Å². The van der Waals surface area contributed by atoms with Crippen LogP contribution in [0.4, 0.5) is 0 Å². The first-order valence-electron chi connectivity index (χ1n) is 1.25. The van der Waals surface area contributed by atoms with E-state index >= 15 is 0 Å². The second-order valence-electron chi connectivity index (χ2n) is 0.618. The Hall–Kier alpha value is -0.0200. The molecule has 0 aliphatic carbocycles. The molecular formula is C2H4ClN2S. The minimum absolute atomic E-state index is 0.185. The van der Waals surface area contributed by atoms with Gasteiger partial charge in [0, 0.05) is 0 Å². The van der Waals surface area contributed by atoms with E-state index in [9.17, 15) is 0 Å². The van der Waals surface area contributed by atoms with Gasteiger partial charge in [0.15, 0.2) is 5.11 Å². The highest BCUT2D eigenvalue weighted by Crippen LogP contribution is 1.71. The van der Waals surface area contributed by atoms with Crippen molar-refractivity contribution in [3.8, 4) is 0 Å². The molecule has 0 atom stereocenters. The van der Waals surface area contributed by atoms with Gasteiger partial charge in [0.1, 0.15) is 6.00 Å². The van der Waals surface area contributed by atoms with Crippen LogP contribution in [-0.2, 0) is 0 Å². The third kappa shape index (κ3) is 3.98. The number of hydrogen-bond acceptors (Lipinski definition) is 1. The molecule has 0 fully saturated rings. The standard InChI is InChI=1S/C2H4ClN2S/c3-1-5-2(4)6/h1H,(H3,4,5,6). The minimum Gasteiger partial charge on any atom is -0.376 e. The van der Waals surface area contributed by atoms with Crippen LogP contribution in [0.25, 0.3) is 0 Å². The van der Waals surface area contributed by atoms with E-state index in [2.05, 4.69) is 17.5 Å². The van der Waals surface area contributed by atoms with Crippen molar-refractivity contribution in [2.45, 2.75) is 0 Å². The van der Waals surface area contributed by atoms with Gasteiger partial charge in [0.05, 0.1) is 0 Å². The maximum atomic E-state index is 4.99. The molecular weight excluding hydrogens is 120 g/mol. The monoisotopic (exact) mass is 123 g/mol. The SMILES string of the molecule is NC(=S)N[CH]Cl. The summed E-state index contributed by atoms with van der Waals surface area (Å²) < 4.78 is 0. The van der Waals surface area contributed by atoms with Gasteiger partial charge < -0.3 is 11.1 Å². The zero-order valence-electron chi connectivity index (χ0n) is 2.94. The Morgan fingerprint density at radius 1 is 2.00 bits per heavy atom. The van der Waals surface area contributed by atoms with Crippen LogP contribution >= 0.6 is 23.8 Å². The molecule has 0 unspecified atom stereocenters. The quantitative estimate of drug-likeness (QED) is 0.386. The molecule has 0 aliphatic heterocycles. The summed E-state index contributed by atoms with van der Waals surface area (Å²) in [6.07, 6.45) is 0. The highest BCUT2D eigenvalue weighted by molar-refractivity contribution is 7.80. The summed E-state index contributed by atoms with van der Waals surface area (Å²) >= 11 is 9.34. The van der Waals surface area contributed by atoms with Gasteiger partial charge in [-0.25, -0.2) is 0 Å². The fourth-order valence-electron chi connectivity index (χ4n) is 0.0538. The Kier molecular flexibility index (Phi) is 3.17. The zero-order valence-corrected chi connectivity index (χ0v) is 4.51. The lowest BCUT2D eigenvalue weighted by Crippen LogP contribution is -2.24. The maximum absolute atomic E-state index is 4.99. The molecule has 35 valence electrons. The molecule has 0 saturated heterocycles.